The molecule has 1 fully saturated rings. The quantitative estimate of drug-likeness (QED) is 0.685. The zero-order chi connectivity index (χ0) is 22.6. The molecule has 3 heterocycles. The van der Waals surface area contributed by atoms with Crippen LogP contribution in [0.3, 0.4) is 0 Å². The van der Waals surface area contributed by atoms with Crippen molar-refractivity contribution >= 4 is 11.8 Å². The van der Waals surface area contributed by atoms with E-state index in [0.717, 1.165) is 50.4 Å². The first-order chi connectivity index (χ1) is 14.7. The lowest BCUT2D eigenvalue weighted by atomic mass is 9.86. The number of nitrogens with one attached hydrogen (secondary N) is 2. The van der Waals surface area contributed by atoms with E-state index in [2.05, 4.69) is 32.0 Å². The minimum Gasteiger partial charge on any atom is -0.357 e. The standard InChI is InChI=1S/C23H40N6O2/c1-23(2,3)20(22(31)24-4)26-21(30)19-17-16-27(5)11-9-15-29(17)18(25-19)10-8-14-28-12-6-7-13-28/h20H,6-16H2,1-5H3,(H,24,31)(H,26,30)/t20-/m1/s1. The van der Waals surface area contributed by atoms with Crippen LogP contribution in [0.2, 0.25) is 0 Å². The summed E-state index contributed by atoms with van der Waals surface area (Å²) in [5, 5.41) is 5.65. The summed E-state index contributed by atoms with van der Waals surface area (Å²) < 4.78 is 2.26. The first-order valence-corrected chi connectivity index (χ1v) is 11.7. The summed E-state index contributed by atoms with van der Waals surface area (Å²) in [7, 11) is 3.68. The Labute approximate surface area is 186 Å². The second kappa shape index (κ2) is 10.1. The maximum absolute atomic E-state index is 13.3. The highest BCUT2D eigenvalue weighted by Gasteiger charge is 2.34. The van der Waals surface area contributed by atoms with Gasteiger partial charge in [0.1, 0.15) is 11.9 Å². The van der Waals surface area contributed by atoms with Gasteiger partial charge in [0.15, 0.2) is 5.69 Å². The molecule has 0 bridgehead atoms. The van der Waals surface area contributed by atoms with Crippen molar-refractivity contribution < 1.29 is 9.59 Å². The molecule has 2 N–H and O–H groups in total. The Morgan fingerprint density at radius 2 is 1.81 bits per heavy atom. The molecule has 1 aromatic rings. The zero-order valence-electron chi connectivity index (χ0n) is 20.0. The number of carbonyl (C=O) groups excluding carboxylic acids is 2. The summed E-state index contributed by atoms with van der Waals surface area (Å²) in [5.74, 6) is 0.560. The van der Waals surface area contributed by atoms with E-state index in [0.29, 0.717) is 12.2 Å². The topological polar surface area (TPSA) is 82.5 Å². The van der Waals surface area contributed by atoms with Gasteiger partial charge in [-0.05, 0) is 64.3 Å². The highest BCUT2D eigenvalue weighted by Crippen LogP contribution is 2.23. The molecule has 0 unspecified atom stereocenters. The van der Waals surface area contributed by atoms with E-state index < -0.39 is 11.5 Å². The van der Waals surface area contributed by atoms with Gasteiger partial charge in [-0.1, -0.05) is 20.8 Å². The number of hydrogen-bond donors (Lipinski definition) is 2. The lowest BCUT2D eigenvalue weighted by molar-refractivity contribution is -0.124. The van der Waals surface area contributed by atoms with Crippen molar-refractivity contribution in [2.75, 3.05) is 40.3 Å². The normalized spacial score (nSPS) is 19.0. The minimum atomic E-state index is -0.621. The van der Waals surface area contributed by atoms with E-state index in [1.807, 2.05) is 20.8 Å². The van der Waals surface area contributed by atoms with Crippen molar-refractivity contribution in [2.45, 2.75) is 72.0 Å². The van der Waals surface area contributed by atoms with Gasteiger partial charge in [0.05, 0.1) is 5.69 Å². The zero-order valence-corrected chi connectivity index (χ0v) is 20.0. The molecule has 2 aliphatic heterocycles. The van der Waals surface area contributed by atoms with Crippen LogP contribution >= 0.6 is 0 Å². The van der Waals surface area contributed by atoms with Crippen LogP contribution < -0.4 is 10.6 Å². The molecule has 31 heavy (non-hydrogen) atoms. The average molecular weight is 433 g/mol. The van der Waals surface area contributed by atoms with Gasteiger partial charge in [0.25, 0.3) is 5.91 Å². The van der Waals surface area contributed by atoms with Crippen LogP contribution in [0.15, 0.2) is 0 Å². The number of likely N-dealkylation sites (N-methyl/N-ethyl adjacent to an activating group) is 1. The lowest BCUT2D eigenvalue weighted by Crippen LogP contribution is -2.53. The highest BCUT2D eigenvalue weighted by molar-refractivity contribution is 5.97. The van der Waals surface area contributed by atoms with E-state index >= 15 is 0 Å². The molecule has 0 aliphatic carbocycles. The average Bonchev–Trinajstić information content (AvgIpc) is 3.29. The number of hydrogen-bond acceptors (Lipinski definition) is 5. The summed E-state index contributed by atoms with van der Waals surface area (Å²) in [6.07, 6.45) is 5.57. The molecular formula is C23H40N6O2. The lowest BCUT2D eigenvalue weighted by Gasteiger charge is -2.29. The molecule has 0 saturated carbocycles. The molecule has 8 heteroatoms. The first-order valence-electron chi connectivity index (χ1n) is 11.7. The molecule has 1 atom stereocenters. The van der Waals surface area contributed by atoms with Crippen molar-refractivity contribution in [3.63, 3.8) is 0 Å². The Morgan fingerprint density at radius 1 is 1.10 bits per heavy atom. The SMILES string of the molecule is CNC(=O)[C@@H](NC(=O)c1nc(CCCN2CCCC2)n2c1CN(C)CCC2)C(C)(C)C. The number of aromatic nitrogens is 2. The van der Waals surface area contributed by atoms with Gasteiger partial charge < -0.3 is 25.0 Å². The molecular weight excluding hydrogens is 392 g/mol. The first kappa shape index (κ1) is 23.7. The summed E-state index contributed by atoms with van der Waals surface area (Å²) in [6, 6.07) is -0.621. The van der Waals surface area contributed by atoms with Crippen molar-refractivity contribution in [2.24, 2.45) is 5.41 Å². The predicted octanol–water partition coefficient (Wildman–Crippen LogP) is 1.64. The van der Waals surface area contributed by atoms with Crippen molar-refractivity contribution in [3.8, 4) is 0 Å². The smallest absolute Gasteiger partial charge is 0.272 e. The van der Waals surface area contributed by atoms with Crippen molar-refractivity contribution in [1.29, 1.82) is 0 Å². The number of imidazole rings is 1. The molecule has 0 aromatic carbocycles. The molecule has 0 radical (unpaired) electrons. The van der Waals surface area contributed by atoms with E-state index in [-0.39, 0.29) is 11.8 Å². The van der Waals surface area contributed by atoms with E-state index in [4.69, 9.17) is 4.98 Å². The van der Waals surface area contributed by atoms with Gasteiger partial charge in [-0.15, -0.1) is 0 Å². The fraction of sp³-hybridized carbons (Fsp3) is 0.783. The molecule has 174 valence electrons. The van der Waals surface area contributed by atoms with Crippen LogP contribution in [0, 0.1) is 5.41 Å². The van der Waals surface area contributed by atoms with Gasteiger partial charge in [-0.25, -0.2) is 4.98 Å². The number of fused-ring (bicyclic) bond motifs is 1. The monoisotopic (exact) mass is 432 g/mol. The Kier molecular flexibility index (Phi) is 7.75. The minimum absolute atomic E-state index is 0.186. The Bertz CT molecular complexity index is 776. The second-order valence-electron chi connectivity index (χ2n) is 10.1. The number of nitrogens with zero attached hydrogens (tertiary/aromatic N) is 4. The van der Waals surface area contributed by atoms with Crippen LogP contribution in [0.5, 0.6) is 0 Å². The predicted molar refractivity (Wildman–Crippen MR) is 122 cm³/mol. The second-order valence-corrected chi connectivity index (χ2v) is 10.1. The number of likely N-dealkylation sites (tertiary alicyclic amines) is 1. The van der Waals surface area contributed by atoms with Gasteiger partial charge in [-0.2, -0.15) is 0 Å². The largest absolute Gasteiger partial charge is 0.357 e. The Morgan fingerprint density at radius 3 is 2.45 bits per heavy atom. The molecule has 3 rings (SSSR count). The molecule has 1 aromatic heterocycles. The third kappa shape index (κ3) is 5.86. The van der Waals surface area contributed by atoms with Crippen LogP contribution in [0.4, 0.5) is 0 Å². The molecule has 1 saturated heterocycles. The highest BCUT2D eigenvalue weighted by atomic mass is 16.2. The fourth-order valence-electron chi connectivity index (χ4n) is 4.65. The summed E-state index contributed by atoms with van der Waals surface area (Å²) in [6.45, 7) is 11.9. The maximum atomic E-state index is 13.3. The van der Waals surface area contributed by atoms with Gasteiger partial charge in [-0.3, -0.25) is 9.59 Å². The molecule has 0 spiro atoms. The Hall–Kier alpha value is -1.93. The van der Waals surface area contributed by atoms with E-state index in [9.17, 15) is 9.59 Å². The van der Waals surface area contributed by atoms with E-state index in [1.54, 1.807) is 7.05 Å². The van der Waals surface area contributed by atoms with Gasteiger partial charge >= 0.3 is 0 Å². The summed E-state index contributed by atoms with van der Waals surface area (Å²) in [5.41, 5.74) is 1.04. The maximum Gasteiger partial charge on any atom is 0.272 e. The van der Waals surface area contributed by atoms with Crippen LogP contribution in [0.25, 0.3) is 0 Å². The van der Waals surface area contributed by atoms with Gasteiger partial charge in [0.2, 0.25) is 5.91 Å². The third-order valence-corrected chi connectivity index (χ3v) is 6.43. The molecule has 8 nitrogen and oxygen atoms in total. The number of carbonyl (C=O) groups is 2. The fourth-order valence-corrected chi connectivity index (χ4v) is 4.65. The number of amides is 2. The third-order valence-electron chi connectivity index (χ3n) is 6.43. The number of rotatable bonds is 7. The summed E-state index contributed by atoms with van der Waals surface area (Å²) >= 11 is 0. The van der Waals surface area contributed by atoms with Crippen molar-refractivity contribution in [1.82, 2.24) is 30.0 Å². The van der Waals surface area contributed by atoms with Gasteiger partial charge in [0, 0.05) is 26.6 Å². The molecule has 2 aliphatic rings. The van der Waals surface area contributed by atoms with Crippen molar-refractivity contribution in [3.05, 3.63) is 17.2 Å². The van der Waals surface area contributed by atoms with Crippen LogP contribution in [0.1, 0.15) is 68.5 Å². The molecule has 2 amide bonds. The summed E-state index contributed by atoms with van der Waals surface area (Å²) in [4.78, 5) is 35.3. The van der Waals surface area contributed by atoms with Crippen LogP contribution in [-0.2, 0) is 24.3 Å². The number of aryl methyl sites for hydroxylation is 1. The van der Waals surface area contributed by atoms with E-state index in [1.165, 1.54) is 25.9 Å². The Balaban J connectivity index is 1.81. The van der Waals surface area contributed by atoms with Crippen LogP contribution in [-0.4, -0.2) is 77.5 Å².